The van der Waals surface area contributed by atoms with E-state index >= 15 is 0 Å². The van der Waals surface area contributed by atoms with Crippen LogP contribution >= 0.6 is 0 Å². The molecule has 0 fully saturated rings. The molecule has 5 nitrogen and oxygen atoms in total. The number of nitrogens with one attached hydrogen (secondary N) is 2. The first-order valence-corrected chi connectivity index (χ1v) is 7.96. The fourth-order valence-electron chi connectivity index (χ4n) is 2.23. The molecule has 0 heterocycles. The lowest BCUT2D eigenvalue weighted by Gasteiger charge is -2.05. The topological polar surface area (TPSA) is 78.4 Å². The number of carbonyl (C=O) groups is 2. The van der Waals surface area contributed by atoms with E-state index in [-0.39, 0.29) is 11.8 Å². The number of hydrogen-bond acceptors (Lipinski definition) is 3. The van der Waals surface area contributed by atoms with Crippen LogP contribution in [0.5, 0.6) is 0 Å². The second kappa shape index (κ2) is 11.7. The van der Waals surface area contributed by atoms with E-state index in [4.69, 9.17) is 5.21 Å². The maximum atomic E-state index is 11.6. The quantitative estimate of drug-likeness (QED) is 0.334. The van der Waals surface area contributed by atoms with Crippen LogP contribution in [0.4, 0.5) is 0 Å². The van der Waals surface area contributed by atoms with Crippen LogP contribution in [0.2, 0.25) is 0 Å². The molecule has 0 saturated carbocycles. The van der Waals surface area contributed by atoms with E-state index in [0.717, 1.165) is 38.5 Å². The molecule has 0 unspecified atom stereocenters. The summed E-state index contributed by atoms with van der Waals surface area (Å²) in [6.45, 7) is 0.713. The zero-order valence-corrected chi connectivity index (χ0v) is 13.0. The zero-order valence-electron chi connectivity index (χ0n) is 13.0. The van der Waals surface area contributed by atoms with Gasteiger partial charge in [0.2, 0.25) is 11.8 Å². The van der Waals surface area contributed by atoms with E-state index in [1.165, 1.54) is 5.56 Å². The van der Waals surface area contributed by atoms with E-state index in [9.17, 15) is 9.59 Å². The smallest absolute Gasteiger partial charge is 0.243 e. The highest BCUT2D eigenvalue weighted by Crippen LogP contribution is 2.05. The van der Waals surface area contributed by atoms with Crippen molar-refractivity contribution in [3.8, 4) is 0 Å². The molecule has 0 radical (unpaired) electrons. The second-order valence-corrected chi connectivity index (χ2v) is 5.39. The van der Waals surface area contributed by atoms with Crippen molar-refractivity contribution in [3.63, 3.8) is 0 Å². The van der Waals surface area contributed by atoms with Crippen molar-refractivity contribution in [1.29, 1.82) is 0 Å². The second-order valence-electron chi connectivity index (χ2n) is 5.39. The fraction of sp³-hybridized carbons (Fsp3) is 0.529. The normalized spacial score (nSPS) is 10.2. The third kappa shape index (κ3) is 9.13. The summed E-state index contributed by atoms with van der Waals surface area (Å²) in [5.41, 5.74) is 2.91. The molecule has 0 spiro atoms. The first kappa shape index (κ1) is 18.2. The van der Waals surface area contributed by atoms with Gasteiger partial charge in [0.15, 0.2) is 0 Å². The van der Waals surface area contributed by atoms with E-state index in [1.807, 2.05) is 18.2 Å². The molecule has 122 valence electrons. The minimum atomic E-state index is -0.351. The summed E-state index contributed by atoms with van der Waals surface area (Å²) in [4.78, 5) is 22.4. The Hall–Kier alpha value is -1.88. The Kier molecular flexibility index (Phi) is 9.70. The Labute approximate surface area is 132 Å². The lowest BCUT2D eigenvalue weighted by molar-refractivity contribution is -0.129. The molecular weight excluding hydrogens is 280 g/mol. The Bertz CT molecular complexity index is 435. The Balaban J connectivity index is 1.92. The Morgan fingerprint density at radius 2 is 1.50 bits per heavy atom. The molecule has 3 N–H and O–H groups in total. The first-order valence-electron chi connectivity index (χ1n) is 7.96. The predicted octanol–water partition coefficient (Wildman–Crippen LogP) is 2.58. The third-order valence-electron chi connectivity index (χ3n) is 3.49. The molecule has 1 aromatic carbocycles. The molecule has 1 aromatic rings. The number of aryl methyl sites for hydroxylation is 1. The fourth-order valence-corrected chi connectivity index (χ4v) is 2.23. The summed E-state index contributed by atoms with van der Waals surface area (Å²) in [5, 5.41) is 11.3. The van der Waals surface area contributed by atoms with Gasteiger partial charge in [0.05, 0.1) is 0 Å². The van der Waals surface area contributed by atoms with Crippen molar-refractivity contribution >= 4 is 11.8 Å². The average molecular weight is 306 g/mol. The number of carbonyl (C=O) groups excluding carboxylic acids is 2. The Morgan fingerprint density at radius 1 is 0.864 bits per heavy atom. The molecule has 0 bridgehead atoms. The molecule has 0 aliphatic rings. The average Bonchev–Trinajstić information content (AvgIpc) is 2.55. The maximum Gasteiger partial charge on any atom is 0.243 e. The van der Waals surface area contributed by atoms with Crippen molar-refractivity contribution in [2.24, 2.45) is 0 Å². The number of rotatable bonds is 11. The molecule has 0 aliphatic carbocycles. The van der Waals surface area contributed by atoms with Crippen molar-refractivity contribution in [1.82, 2.24) is 10.8 Å². The van der Waals surface area contributed by atoms with Crippen LogP contribution in [-0.4, -0.2) is 23.6 Å². The lowest BCUT2D eigenvalue weighted by atomic mass is 10.1. The van der Waals surface area contributed by atoms with Gasteiger partial charge < -0.3 is 5.32 Å². The minimum absolute atomic E-state index is 0.0983. The predicted molar refractivity (Wildman–Crippen MR) is 85.4 cm³/mol. The highest BCUT2D eigenvalue weighted by Gasteiger charge is 2.02. The minimum Gasteiger partial charge on any atom is -0.356 e. The molecule has 0 atom stereocenters. The van der Waals surface area contributed by atoms with E-state index in [1.54, 1.807) is 5.48 Å². The SMILES string of the molecule is O=C(CCCCCCC(=O)NCCCc1ccccc1)NO. The number of amides is 2. The van der Waals surface area contributed by atoms with Crippen LogP contribution in [0, 0.1) is 0 Å². The van der Waals surface area contributed by atoms with Gasteiger partial charge in [0, 0.05) is 19.4 Å². The zero-order chi connectivity index (χ0) is 16.0. The number of benzene rings is 1. The molecule has 0 saturated heterocycles. The molecule has 5 heteroatoms. The molecule has 1 rings (SSSR count). The van der Waals surface area contributed by atoms with Crippen molar-refractivity contribution in [2.75, 3.05) is 6.54 Å². The number of hydrogen-bond donors (Lipinski definition) is 3. The standard InChI is InChI=1S/C17H26N2O3/c20-16(12-6-1-2-7-13-17(21)19-22)18-14-8-11-15-9-4-3-5-10-15/h3-5,9-10,22H,1-2,6-8,11-14H2,(H,18,20)(H,19,21). The molecule has 0 aromatic heterocycles. The summed E-state index contributed by atoms with van der Waals surface area (Å²) >= 11 is 0. The van der Waals surface area contributed by atoms with Crippen molar-refractivity contribution in [2.45, 2.75) is 51.4 Å². The lowest BCUT2D eigenvalue weighted by Crippen LogP contribution is -2.24. The summed E-state index contributed by atoms with van der Waals surface area (Å²) in [6, 6.07) is 10.2. The van der Waals surface area contributed by atoms with E-state index in [0.29, 0.717) is 19.4 Å². The number of unbranched alkanes of at least 4 members (excludes halogenated alkanes) is 3. The van der Waals surface area contributed by atoms with Crippen LogP contribution in [0.25, 0.3) is 0 Å². The van der Waals surface area contributed by atoms with Crippen LogP contribution < -0.4 is 10.8 Å². The van der Waals surface area contributed by atoms with Gasteiger partial charge in [-0.1, -0.05) is 43.2 Å². The largest absolute Gasteiger partial charge is 0.356 e. The summed E-state index contributed by atoms with van der Waals surface area (Å²) in [5.74, 6) is -0.252. The maximum absolute atomic E-state index is 11.6. The van der Waals surface area contributed by atoms with Crippen LogP contribution in [-0.2, 0) is 16.0 Å². The van der Waals surface area contributed by atoms with Gasteiger partial charge in [-0.2, -0.15) is 0 Å². The number of hydroxylamine groups is 1. The van der Waals surface area contributed by atoms with Gasteiger partial charge in [-0.25, -0.2) is 5.48 Å². The van der Waals surface area contributed by atoms with Gasteiger partial charge >= 0.3 is 0 Å². The van der Waals surface area contributed by atoms with Crippen LogP contribution in [0.15, 0.2) is 30.3 Å². The summed E-state index contributed by atoms with van der Waals surface area (Å²) < 4.78 is 0. The van der Waals surface area contributed by atoms with Gasteiger partial charge in [0.1, 0.15) is 0 Å². The summed E-state index contributed by atoms with van der Waals surface area (Å²) in [6.07, 6.45) is 6.21. The van der Waals surface area contributed by atoms with Crippen LogP contribution in [0.1, 0.15) is 50.5 Å². The van der Waals surface area contributed by atoms with E-state index < -0.39 is 0 Å². The van der Waals surface area contributed by atoms with E-state index in [2.05, 4.69) is 17.4 Å². The summed E-state index contributed by atoms with van der Waals surface area (Å²) in [7, 11) is 0. The van der Waals surface area contributed by atoms with Crippen molar-refractivity contribution < 1.29 is 14.8 Å². The van der Waals surface area contributed by atoms with Gasteiger partial charge in [-0.15, -0.1) is 0 Å². The molecule has 2 amide bonds. The van der Waals surface area contributed by atoms with Gasteiger partial charge in [0.25, 0.3) is 0 Å². The highest BCUT2D eigenvalue weighted by atomic mass is 16.5. The van der Waals surface area contributed by atoms with Crippen LogP contribution in [0.3, 0.4) is 0 Å². The third-order valence-corrected chi connectivity index (χ3v) is 3.49. The molecule has 22 heavy (non-hydrogen) atoms. The van der Waals surface area contributed by atoms with Crippen molar-refractivity contribution in [3.05, 3.63) is 35.9 Å². The molecule has 0 aliphatic heterocycles. The monoisotopic (exact) mass is 306 g/mol. The van der Waals surface area contributed by atoms with Gasteiger partial charge in [-0.3, -0.25) is 14.8 Å². The highest BCUT2D eigenvalue weighted by molar-refractivity contribution is 5.75. The van der Waals surface area contributed by atoms with Gasteiger partial charge in [-0.05, 0) is 31.2 Å². The Morgan fingerprint density at radius 3 is 2.14 bits per heavy atom. The molecular formula is C17H26N2O3. The first-order chi connectivity index (χ1) is 10.7.